The van der Waals surface area contributed by atoms with Crippen molar-refractivity contribution in [1.29, 1.82) is 0 Å². The number of halogens is 1. The van der Waals surface area contributed by atoms with Crippen LogP contribution in [0.1, 0.15) is 33.0 Å². The van der Waals surface area contributed by atoms with Crippen molar-refractivity contribution in [3.8, 4) is 0 Å². The number of hydrogen-bond acceptors (Lipinski definition) is 5. The molecule has 1 rings (SSSR count). The SMILES string of the molecule is CCOC(=O)NC(CNC(=NC)NCc1ncnn1C)CC(C)C.I. The first-order chi connectivity index (χ1) is 11.5. The van der Waals surface area contributed by atoms with E-state index in [4.69, 9.17) is 4.74 Å². The highest BCUT2D eigenvalue weighted by Crippen LogP contribution is 2.04. The van der Waals surface area contributed by atoms with Crippen LogP contribution in [0.25, 0.3) is 0 Å². The summed E-state index contributed by atoms with van der Waals surface area (Å²) in [5.74, 6) is 1.89. The summed E-state index contributed by atoms with van der Waals surface area (Å²) < 4.78 is 6.65. The largest absolute Gasteiger partial charge is 0.450 e. The Kier molecular flexibility index (Phi) is 11.9. The number of guanidine groups is 1. The number of alkyl carbamates (subject to hydrolysis) is 1. The van der Waals surface area contributed by atoms with Crippen LogP contribution in [-0.2, 0) is 18.3 Å². The van der Waals surface area contributed by atoms with Gasteiger partial charge in [-0.25, -0.2) is 9.78 Å². The Balaban J connectivity index is 0.00000576. The third kappa shape index (κ3) is 9.46. The monoisotopic (exact) mass is 467 g/mol. The summed E-state index contributed by atoms with van der Waals surface area (Å²) in [4.78, 5) is 20.0. The second-order valence-corrected chi connectivity index (χ2v) is 5.80. The Hall–Kier alpha value is -1.59. The van der Waals surface area contributed by atoms with Crippen LogP contribution in [0.3, 0.4) is 0 Å². The summed E-state index contributed by atoms with van der Waals surface area (Å²) in [6, 6.07) is -0.0440. The standard InChI is InChI=1S/C15H29N7O2.HI/c1-6-24-15(23)21-12(7-11(2)3)8-17-14(16-4)18-9-13-19-10-20-22(13)5;/h10-12H,6-9H2,1-5H3,(H,21,23)(H2,16,17,18);1H. The van der Waals surface area contributed by atoms with Gasteiger partial charge < -0.3 is 20.7 Å². The topological polar surface area (TPSA) is 105 Å². The van der Waals surface area contributed by atoms with E-state index in [1.807, 2.05) is 7.05 Å². The van der Waals surface area contributed by atoms with Crippen LogP contribution in [0.15, 0.2) is 11.3 Å². The van der Waals surface area contributed by atoms with Gasteiger partial charge in [0.05, 0.1) is 13.2 Å². The van der Waals surface area contributed by atoms with Gasteiger partial charge in [0.15, 0.2) is 5.96 Å². The number of nitrogens with one attached hydrogen (secondary N) is 3. The fourth-order valence-corrected chi connectivity index (χ4v) is 2.19. The number of ether oxygens (including phenoxy) is 1. The van der Waals surface area contributed by atoms with Crippen LogP contribution in [0, 0.1) is 5.92 Å². The zero-order chi connectivity index (χ0) is 17.9. The number of aromatic nitrogens is 3. The first kappa shape index (κ1) is 23.4. The Morgan fingerprint density at radius 1 is 1.40 bits per heavy atom. The quantitative estimate of drug-likeness (QED) is 0.302. The number of rotatable bonds is 8. The van der Waals surface area contributed by atoms with Gasteiger partial charge in [0, 0.05) is 26.7 Å². The van der Waals surface area contributed by atoms with Crippen LogP contribution < -0.4 is 16.0 Å². The first-order valence-electron chi connectivity index (χ1n) is 8.16. The van der Waals surface area contributed by atoms with Gasteiger partial charge in [-0.2, -0.15) is 5.10 Å². The summed E-state index contributed by atoms with van der Waals surface area (Å²) in [5.41, 5.74) is 0. The number of carbonyl (C=O) groups excluding carboxylic acids is 1. The van der Waals surface area contributed by atoms with Gasteiger partial charge in [0.1, 0.15) is 12.2 Å². The Morgan fingerprint density at radius 2 is 2.12 bits per heavy atom. The van der Waals surface area contributed by atoms with E-state index >= 15 is 0 Å². The van der Waals surface area contributed by atoms with E-state index in [-0.39, 0.29) is 30.0 Å². The average Bonchev–Trinajstić information content (AvgIpc) is 2.92. The molecule has 0 aliphatic rings. The van der Waals surface area contributed by atoms with Crippen LogP contribution in [0.5, 0.6) is 0 Å². The molecule has 1 heterocycles. The predicted octanol–water partition coefficient (Wildman–Crippen LogP) is 1.26. The van der Waals surface area contributed by atoms with E-state index in [1.165, 1.54) is 6.33 Å². The van der Waals surface area contributed by atoms with E-state index < -0.39 is 6.09 Å². The van der Waals surface area contributed by atoms with Gasteiger partial charge in [-0.1, -0.05) is 13.8 Å². The van der Waals surface area contributed by atoms with Crippen molar-refractivity contribution < 1.29 is 9.53 Å². The molecule has 1 amide bonds. The highest BCUT2D eigenvalue weighted by Gasteiger charge is 2.15. The van der Waals surface area contributed by atoms with Crippen LogP contribution in [-0.4, -0.2) is 53.1 Å². The molecule has 1 aromatic heterocycles. The van der Waals surface area contributed by atoms with Gasteiger partial charge in [0.25, 0.3) is 0 Å². The molecule has 9 nitrogen and oxygen atoms in total. The lowest BCUT2D eigenvalue weighted by molar-refractivity contribution is 0.146. The number of amides is 1. The van der Waals surface area contributed by atoms with E-state index in [0.717, 1.165) is 12.2 Å². The van der Waals surface area contributed by atoms with Crippen molar-refractivity contribution in [1.82, 2.24) is 30.7 Å². The molecule has 0 bridgehead atoms. The number of aliphatic imine (C=N–C) groups is 1. The van der Waals surface area contributed by atoms with E-state index in [2.05, 4.69) is 44.9 Å². The molecular formula is C15H30IN7O2. The molecule has 1 aromatic rings. The molecular weight excluding hydrogens is 437 g/mol. The molecule has 0 aliphatic carbocycles. The maximum Gasteiger partial charge on any atom is 0.407 e. The van der Waals surface area contributed by atoms with Crippen molar-refractivity contribution in [2.75, 3.05) is 20.2 Å². The minimum atomic E-state index is -0.396. The van der Waals surface area contributed by atoms with Gasteiger partial charge in [0.2, 0.25) is 0 Å². The lowest BCUT2D eigenvalue weighted by atomic mass is 10.0. The van der Waals surface area contributed by atoms with Crippen LogP contribution >= 0.6 is 24.0 Å². The van der Waals surface area contributed by atoms with Crippen molar-refractivity contribution in [2.45, 2.75) is 39.8 Å². The zero-order valence-electron chi connectivity index (χ0n) is 15.6. The first-order valence-corrected chi connectivity index (χ1v) is 8.16. The molecule has 0 aromatic carbocycles. The third-order valence-electron chi connectivity index (χ3n) is 3.31. The number of nitrogens with zero attached hydrogens (tertiary/aromatic N) is 4. The molecule has 10 heteroatoms. The molecule has 1 unspecified atom stereocenters. The number of hydrogen-bond donors (Lipinski definition) is 3. The van der Waals surface area contributed by atoms with Gasteiger partial charge in [-0.15, -0.1) is 24.0 Å². The minimum Gasteiger partial charge on any atom is -0.450 e. The molecule has 1 atom stereocenters. The second kappa shape index (κ2) is 12.7. The van der Waals surface area contributed by atoms with Gasteiger partial charge >= 0.3 is 6.09 Å². The number of aryl methyl sites for hydroxylation is 1. The van der Waals surface area contributed by atoms with Crippen molar-refractivity contribution >= 4 is 36.0 Å². The summed E-state index contributed by atoms with van der Waals surface area (Å²) >= 11 is 0. The second-order valence-electron chi connectivity index (χ2n) is 5.80. The summed E-state index contributed by atoms with van der Waals surface area (Å²) in [5, 5.41) is 13.3. The maximum absolute atomic E-state index is 11.6. The van der Waals surface area contributed by atoms with Crippen molar-refractivity contribution in [3.63, 3.8) is 0 Å². The van der Waals surface area contributed by atoms with Gasteiger partial charge in [-0.3, -0.25) is 9.67 Å². The smallest absolute Gasteiger partial charge is 0.407 e. The van der Waals surface area contributed by atoms with Crippen LogP contribution in [0.2, 0.25) is 0 Å². The number of carbonyl (C=O) groups is 1. The zero-order valence-corrected chi connectivity index (χ0v) is 17.9. The summed E-state index contributed by atoms with van der Waals surface area (Å²) in [6.45, 7) is 7.43. The molecule has 0 saturated heterocycles. The lowest BCUT2D eigenvalue weighted by Crippen LogP contribution is -2.47. The minimum absolute atomic E-state index is 0. The fraction of sp³-hybridized carbons (Fsp3) is 0.733. The maximum atomic E-state index is 11.6. The summed E-state index contributed by atoms with van der Waals surface area (Å²) in [6.07, 6.45) is 1.95. The molecule has 0 aliphatic heterocycles. The van der Waals surface area contributed by atoms with E-state index in [0.29, 0.717) is 31.6 Å². The highest BCUT2D eigenvalue weighted by molar-refractivity contribution is 14.0. The Bertz CT molecular complexity index is 534. The molecule has 0 saturated carbocycles. The average molecular weight is 467 g/mol. The Morgan fingerprint density at radius 3 is 2.64 bits per heavy atom. The lowest BCUT2D eigenvalue weighted by Gasteiger charge is -2.22. The summed E-state index contributed by atoms with van der Waals surface area (Å²) in [7, 11) is 3.53. The van der Waals surface area contributed by atoms with Crippen molar-refractivity contribution in [3.05, 3.63) is 12.2 Å². The highest BCUT2D eigenvalue weighted by atomic mass is 127. The Labute approximate surface area is 166 Å². The third-order valence-corrected chi connectivity index (χ3v) is 3.31. The van der Waals surface area contributed by atoms with Crippen LogP contribution in [0.4, 0.5) is 4.79 Å². The molecule has 0 spiro atoms. The normalized spacial score (nSPS) is 12.3. The molecule has 0 fully saturated rings. The van der Waals surface area contributed by atoms with E-state index in [1.54, 1.807) is 18.7 Å². The van der Waals surface area contributed by atoms with Gasteiger partial charge in [-0.05, 0) is 19.3 Å². The predicted molar refractivity (Wildman–Crippen MR) is 108 cm³/mol. The fourth-order valence-electron chi connectivity index (χ4n) is 2.19. The molecule has 3 N–H and O–H groups in total. The molecule has 25 heavy (non-hydrogen) atoms. The van der Waals surface area contributed by atoms with Crippen molar-refractivity contribution in [2.24, 2.45) is 18.0 Å². The molecule has 0 radical (unpaired) electrons. The van der Waals surface area contributed by atoms with E-state index in [9.17, 15) is 4.79 Å². The molecule has 144 valence electrons.